The van der Waals surface area contributed by atoms with E-state index >= 15 is 0 Å². The topological polar surface area (TPSA) is 34.0 Å². The molecule has 0 bridgehead atoms. The third-order valence-corrected chi connectivity index (χ3v) is 3.95. The third-order valence-electron chi connectivity index (χ3n) is 3.95. The van der Waals surface area contributed by atoms with Crippen LogP contribution in [-0.4, -0.2) is 10.5 Å². The van der Waals surface area contributed by atoms with Crippen molar-refractivity contribution in [1.82, 2.24) is 9.88 Å². The molecule has 0 aliphatic carbocycles. The van der Waals surface area contributed by atoms with Crippen LogP contribution in [0.4, 0.5) is 0 Å². The Morgan fingerprint density at radius 1 is 0.870 bits per heavy atom. The van der Waals surface area contributed by atoms with E-state index in [4.69, 9.17) is 0 Å². The normalized spacial score (nSPS) is 10.5. The van der Waals surface area contributed by atoms with E-state index < -0.39 is 0 Å². The summed E-state index contributed by atoms with van der Waals surface area (Å²) in [6.45, 7) is 4.69. The van der Waals surface area contributed by atoms with Gasteiger partial charge in [-0.2, -0.15) is 0 Å². The lowest BCUT2D eigenvalue weighted by Gasteiger charge is -2.10. The van der Waals surface area contributed by atoms with E-state index in [1.165, 1.54) is 11.4 Å². The average Bonchev–Trinajstić information content (AvgIpc) is 2.92. The monoisotopic (exact) mass is 304 g/mol. The van der Waals surface area contributed by atoms with Gasteiger partial charge in [-0.15, -0.1) is 0 Å². The summed E-state index contributed by atoms with van der Waals surface area (Å²) in [4.78, 5) is 12.2. The average molecular weight is 304 g/mol. The molecule has 0 aliphatic heterocycles. The number of amides is 1. The van der Waals surface area contributed by atoms with Crippen molar-refractivity contribution in [2.75, 3.05) is 0 Å². The van der Waals surface area contributed by atoms with Gasteiger partial charge in [0.15, 0.2) is 0 Å². The Kier molecular flexibility index (Phi) is 4.29. The van der Waals surface area contributed by atoms with Crippen molar-refractivity contribution in [1.29, 1.82) is 0 Å². The summed E-state index contributed by atoms with van der Waals surface area (Å²) in [5.41, 5.74) is 5.21. The van der Waals surface area contributed by atoms with Gasteiger partial charge in [-0.25, -0.2) is 0 Å². The Balaban J connectivity index is 1.71. The summed E-state index contributed by atoms with van der Waals surface area (Å²) >= 11 is 0. The van der Waals surface area contributed by atoms with Crippen molar-refractivity contribution < 1.29 is 4.79 Å². The summed E-state index contributed by atoms with van der Waals surface area (Å²) in [7, 11) is 0. The Labute approximate surface area is 136 Å². The van der Waals surface area contributed by atoms with Gasteiger partial charge in [0.25, 0.3) is 5.91 Å². The van der Waals surface area contributed by atoms with E-state index in [2.05, 4.69) is 35.9 Å². The number of nitrogens with zero attached hydrogens (tertiary/aromatic N) is 1. The number of nitrogens with one attached hydrogen (secondary N) is 1. The molecule has 3 rings (SSSR count). The predicted octanol–water partition coefficient (Wildman–Crippen LogP) is 4.02. The highest BCUT2D eigenvalue weighted by Crippen LogP contribution is 2.17. The molecule has 116 valence electrons. The van der Waals surface area contributed by atoms with Crippen LogP contribution in [0.25, 0.3) is 5.69 Å². The van der Waals surface area contributed by atoms with Gasteiger partial charge < -0.3 is 9.88 Å². The maximum atomic E-state index is 12.2. The van der Waals surface area contributed by atoms with E-state index in [9.17, 15) is 4.79 Å². The quantitative estimate of drug-likeness (QED) is 0.776. The molecule has 1 amide bonds. The predicted molar refractivity (Wildman–Crippen MR) is 92.9 cm³/mol. The molecule has 0 radical (unpaired) electrons. The van der Waals surface area contributed by atoms with Crippen molar-refractivity contribution in [3.63, 3.8) is 0 Å². The SMILES string of the molecule is Cc1ccc(C)n1-c1ccc(C(=O)NCc2ccccc2)cc1. The van der Waals surface area contributed by atoms with Crippen LogP contribution in [0, 0.1) is 13.8 Å². The number of carbonyl (C=O) groups is 1. The molecule has 1 heterocycles. The van der Waals surface area contributed by atoms with Crippen molar-refractivity contribution in [2.24, 2.45) is 0 Å². The van der Waals surface area contributed by atoms with Gasteiger partial charge in [-0.3, -0.25) is 4.79 Å². The summed E-state index contributed by atoms with van der Waals surface area (Å²) in [5.74, 6) is -0.0543. The second kappa shape index (κ2) is 6.53. The molecule has 0 saturated carbocycles. The van der Waals surface area contributed by atoms with Crippen LogP contribution in [-0.2, 0) is 6.54 Å². The van der Waals surface area contributed by atoms with Crippen LogP contribution in [0.15, 0.2) is 66.7 Å². The first-order valence-electron chi connectivity index (χ1n) is 7.72. The highest BCUT2D eigenvalue weighted by atomic mass is 16.1. The van der Waals surface area contributed by atoms with E-state index in [-0.39, 0.29) is 5.91 Å². The number of hydrogen-bond acceptors (Lipinski definition) is 1. The second-order valence-electron chi connectivity index (χ2n) is 5.67. The standard InChI is InChI=1S/C20H20N2O/c1-15-8-9-16(2)22(15)19-12-10-18(11-13-19)20(23)21-14-17-6-4-3-5-7-17/h3-13H,14H2,1-2H3,(H,21,23). The first kappa shape index (κ1) is 15.1. The van der Waals surface area contributed by atoms with Gasteiger partial charge in [0, 0.05) is 29.2 Å². The van der Waals surface area contributed by atoms with E-state index in [1.807, 2.05) is 54.6 Å². The minimum absolute atomic E-state index is 0.0543. The van der Waals surface area contributed by atoms with Crippen molar-refractivity contribution in [3.8, 4) is 5.69 Å². The molecule has 0 spiro atoms. The molecular weight excluding hydrogens is 284 g/mol. The molecule has 0 fully saturated rings. The molecule has 2 aromatic carbocycles. The van der Waals surface area contributed by atoms with Crippen LogP contribution < -0.4 is 5.32 Å². The Morgan fingerprint density at radius 3 is 2.09 bits per heavy atom. The number of benzene rings is 2. The van der Waals surface area contributed by atoms with Gasteiger partial charge in [-0.1, -0.05) is 30.3 Å². The minimum Gasteiger partial charge on any atom is -0.348 e. The van der Waals surface area contributed by atoms with Crippen molar-refractivity contribution in [3.05, 3.63) is 89.2 Å². The summed E-state index contributed by atoms with van der Waals surface area (Å²) in [5, 5.41) is 2.95. The van der Waals surface area contributed by atoms with Crippen LogP contribution in [0.3, 0.4) is 0 Å². The van der Waals surface area contributed by atoms with Crippen LogP contribution >= 0.6 is 0 Å². The zero-order valence-electron chi connectivity index (χ0n) is 13.4. The maximum absolute atomic E-state index is 12.2. The molecular formula is C20H20N2O. The van der Waals surface area contributed by atoms with Crippen LogP contribution in [0.1, 0.15) is 27.3 Å². The van der Waals surface area contributed by atoms with Crippen LogP contribution in [0.5, 0.6) is 0 Å². The van der Waals surface area contributed by atoms with Gasteiger partial charge in [0.2, 0.25) is 0 Å². The number of rotatable bonds is 4. The zero-order valence-corrected chi connectivity index (χ0v) is 13.4. The van der Waals surface area contributed by atoms with Gasteiger partial charge in [-0.05, 0) is 55.8 Å². The number of aromatic nitrogens is 1. The van der Waals surface area contributed by atoms with E-state index in [0.29, 0.717) is 12.1 Å². The van der Waals surface area contributed by atoms with Gasteiger partial charge >= 0.3 is 0 Å². The fraction of sp³-hybridized carbons (Fsp3) is 0.150. The lowest BCUT2D eigenvalue weighted by Crippen LogP contribution is -2.22. The molecule has 0 unspecified atom stereocenters. The Bertz CT molecular complexity index is 782. The molecule has 23 heavy (non-hydrogen) atoms. The highest BCUT2D eigenvalue weighted by Gasteiger charge is 2.07. The molecule has 3 aromatic rings. The van der Waals surface area contributed by atoms with Gasteiger partial charge in [0.1, 0.15) is 0 Å². The van der Waals surface area contributed by atoms with Crippen molar-refractivity contribution >= 4 is 5.91 Å². The van der Waals surface area contributed by atoms with Crippen LogP contribution in [0.2, 0.25) is 0 Å². The largest absolute Gasteiger partial charge is 0.348 e. The first-order valence-corrected chi connectivity index (χ1v) is 7.72. The first-order chi connectivity index (χ1) is 11.1. The third kappa shape index (κ3) is 3.34. The fourth-order valence-corrected chi connectivity index (χ4v) is 2.72. The summed E-state index contributed by atoms with van der Waals surface area (Å²) < 4.78 is 2.17. The summed E-state index contributed by atoms with van der Waals surface area (Å²) in [6, 6.07) is 21.8. The molecule has 3 nitrogen and oxygen atoms in total. The van der Waals surface area contributed by atoms with E-state index in [0.717, 1.165) is 11.3 Å². The number of carbonyl (C=O) groups excluding carboxylic acids is 1. The number of aryl methyl sites for hydroxylation is 2. The van der Waals surface area contributed by atoms with Gasteiger partial charge in [0.05, 0.1) is 0 Å². The highest BCUT2D eigenvalue weighted by molar-refractivity contribution is 5.94. The molecule has 1 aromatic heterocycles. The Hall–Kier alpha value is -2.81. The smallest absolute Gasteiger partial charge is 0.251 e. The Morgan fingerprint density at radius 2 is 1.48 bits per heavy atom. The second-order valence-corrected chi connectivity index (χ2v) is 5.67. The molecule has 0 saturated heterocycles. The lowest BCUT2D eigenvalue weighted by molar-refractivity contribution is 0.0951. The zero-order chi connectivity index (χ0) is 16.2. The van der Waals surface area contributed by atoms with Crippen molar-refractivity contribution in [2.45, 2.75) is 20.4 Å². The fourth-order valence-electron chi connectivity index (χ4n) is 2.72. The summed E-state index contributed by atoms with van der Waals surface area (Å²) in [6.07, 6.45) is 0. The minimum atomic E-state index is -0.0543. The molecule has 3 heteroatoms. The lowest BCUT2D eigenvalue weighted by atomic mass is 10.1. The van der Waals surface area contributed by atoms with E-state index in [1.54, 1.807) is 0 Å². The maximum Gasteiger partial charge on any atom is 0.251 e. The molecule has 1 N–H and O–H groups in total. The molecule has 0 atom stereocenters. The molecule has 0 aliphatic rings. The number of hydrogen-bond donors (Lipinski definition) is 1.